The van der Waals surface area contributed by atoms with E-state index in [1.807, 2.05) is 25.4 Å². The molecule has 0 aliphatic carbocycles. The predicted octanol–water partition coefficient (Wildman–Crippen LogP) is 1.40. The quantitative estimate of drug-likeness (QED) is 0.641. The Morgan fingerprint density at radius 2 is 2.26 bits per heavy atom. The van der Waals surface area contributed by atoms with Gasteiger partial charge >= 0.3 is 5.97 Å². The molecule has 19 heavy (non-hydrogen) atoms. The number of nitrogens with one attached hydrogen (secondary N) is 1. The monoisotopic (exact) mass is 260 g/mol. The molecule has 0 spiro atoms. The van der Waals surface area contributed by atoms with E-state index in [4.69, 9.17) is 5.73 Å². The number of para-hydroxylation sites is 1. The van der Waals surface area contributed by atoms with E-state index in [1.54, 1.807) is 16.8 Å². The van der Waals surface area contributed by atoms with Crippen molar-refractivity contribution in [3.8, 4) is 0 Å². The number of benzene rings is 1. The molecule has 0 fully saturated rings. The van der Waals surface area contributed by atoms with Crippen LogP contribution in [0.15, 0.2) is 30.5 Å². The maximum absolute atomic E-state index is 11.5. The number of hydrogen-bond donors (Lipinski definition) is 2. The number of nitrogens with zero attached hydrogens (tertiary/aromatic N) is 2. The summed E-state index contributed by atoms with van der Waals surface area (Å²) in [7, 11) is 3.19. The number of rotatable bonds is 4. The Morgan fingerprint density at radius 3 is 2.89 bits per heavy atom. The van der Waals surface area contributed by atoms with Gasteiger partial charge in [0, 0.05) is 13.2 Å². The third kappa shape index (κ3) is 2.85. The van der Waals surface area contributed by atoms with Crippen LogP contribution in [0, 0.1) is 0 Å². The third-order valence-electron chi connectivity index (χ3n) is 2.74. The largest absolute Gasteiger partial charge is 0.465 e. The number of aryl methyl sites for hydroxylation is 1. The van der Waals surface area contributed by atoms with E-state index < -0.39 is 5.97 Å². The zero-order valence-corrected chi connectivity index (χ0v) is 10.9. The van der Waals surface area contributed by atoms with Crippen molar-refractivity contribution in [2.24, 2.45) is 7.05 Å². The number of anilines is 2. The highest BCUT2D eigenvalue weighted by atomic mass is 16.5. The van der Waals surface area contributed by atoms with E-state index in [-0.39, 0.29) is 0 Å². The van der Waals surface area contributed by atoms with Crippen LogP contribution in [-0.4, -0.2) is 22.9 Å². The standard InChI is InChI=1S/C13H16N4O2/c1-17-7-6-9(16-17)8-15-11-5-3-4-10(12(11)14)13(18)19-2/h3-7,15H,8,14H2,1-2H3. The van der Waals surface area contributed by atoms with E-state index in [1.165, 1.54) is 7.11 Å². The Kier molecular flexibility index (Phi) is 3.70. The molecule has 6 nitrogen and oxygen atoms in total. The van der Waals surface area contributed by atoms with Crippen molar-refractivity contribution >= 4 is 17.3 Å². The highest BCUT2D eigenvalue weighted by Gasteiger charge is 2.12. The summed E-state index contributed by atoms with van der Waals surface area (Å²) in [6, 6.07) is 7.11. The van der Waals surface area contributed by atoms with Gasteiger partial charge in [-0.2, -0.15) is 5.10 Å². The Morgan fingerprint density at radius 1 is 1.47 bits per heavy atom. The van der Waals surface area contributed by atoms with Gasteiger partial charge in [0.15, 0.2) is 0 Å². The molecule has 3 N–H and O–H groups in total. The molecule has 1 heterocycles. The molecule has 100 valence electrons. The zero-order chi connectivity index (χ0) is 13.8. The highest BCUT2D eigenvalue weighted by molar-refractivity contribution is 5.98. The summed E-state index contributed by atoms with van der Waals surface area (Å²) in [4.78, 5) is 11.5. The molecule has 2 aromatic rings. The second kappa shape index (κ2) is 5.43. The zero-order valence-electron chi connectivity index (χ0n) is 10.9. The van der Waals surface area contributed by atoms with Crippen molar-refractivity contribution in [3.63, 3.8) is 0 Å². The molecule has 0 saturated heterocycles. The average Bonchev–Trinajstić information content (AvgIpc) is 2.82. The van der Waals surface area contributed by atoms with Crippen LogP contribution in [0.4, 0.5) is 11.4 Å². The molecule has 0 atom stereocenters. The normalized spacial score (nSPS) is 10.2. The summed E-state index contributed by atoms with van der Waals surface area (Å²) in [6.45, 7) is 0.537. The average molecular weight is 260 g/mol. The summed E-state index contributed by atoms with van der Waals surface area (Å²) < 4.78 is 6.40. The van der Waals surface area contributed by atoms with Gasteiger partial charge in [-0.05, 0) is 18.2 Å². The van der Waals surface area contributed by atoms with Crippen LogP contribution in [0.5, 0.6) is 0 Å². The Labute approximate surface area is 111 Å². The van der Waals surface area contributed by atoms with Gasteiger partial charge < -0.3 is 15.8 Å². The number of carbonyl (C=O) groups is 1. The molecule has 1 aromatic heterocycles. The smallest absolute Gasteiger partial charge is 0.340 e. The maximum atomic E-state index is 11.5. The number of hydrogen-bond acceptors (Lipinski definition) is 5. The van der Waals surface area contributed by atoms with Gasteiger partial charge in [-0.3, -0.25) is 4.68 Å². The van der Waals surface area contributed by atoms with Crippen LogP contribution < -0.4 is 11.1 Å². The van der Waals surface area contributed by atoms with Gasteiger partial charge in [0.05, 0.1) is 36.3 Å². The number of methoxy groups -OCH3 is 1. The van der Waals surface area contributed by atoms with Crippen molar-refractivity contribution < 1.29 is 9.53 Å². The second-order valence-corrected chi connectivity index (χ2v) is 4.09. The van der Waals surface area contributed by atoms with Gasteiger partial charge in [0.1, 0.15) is 0 Å². The number of ether oxygens (including phenoxy) is 1. The fourth-order valence-corrected chi connectivity index (χ4v) is 1.75. The Hall–Kier alpha value is -2.50. The van der Waals surface area contributed by atoms with Crippen molar-refractivity contribution in [2.45, 2.75) is 6.54 Å². The van der Waals surface area contributed by atoms with Crippen LogP contribution in [0.25, 0.3) is 0 Å². The first-order valence-electron chi connectivity index (χ1n) is 5.81. The lowest BCUT2D eigenvalue weighted by molar-refractivity contribution is 0.0602. The lowest BCUT2D eigenvalue weighted by Gasteiger charge is -2.11. The van der Waals surface area contributed by atoms with Crippen LogP contribution in [0.1, 0.15) is 16.1 Å². The maximum Gasteiger partial charge on any atom is 0.340 e. The molecule has 6 heteroatoms. The first kappa shape index (κ1) is 12.9. The van der Waals surface area contributed by atoms with E-state index in [0.717, 1.165) is 5.69 Å². The fraction of sp³-hybridized carbons (Fsp3) is 0.231. The summed E-state index contributed by atoms with van der Waals surface area (Å²) in [6.07, 6.45) is 1.87. The number of nitrogen functional groups attached to an aromatic ring is 1. The number of carbonyl (C=O) groups excluding carboxylic acids is 1. The van der Waals surface area contributed by atoms with Gasteiger partial charge in [0.25, 0.3) is 0 Å². The van der Waals surface area contributed by atoms with Gasteiger partial charge in [-0.25, -0.2) is 4.79 Å². The summed E-state index contributed by atoms with van der Waals surface area (Å²) >= 11 is 0. The molecule has 0 unspecified atom stereocenters. The molecule has 0 radical (unpaired) electrons. The Balaban J connectivity index is 2.14. The van der Waals surface area contributed by atoms with Crippen LogP contribution in [-0.2, 0) is 18.3 Å². The minimum absolute atomic E-state index is 0.355. The minimum Gasteiger partial charge on any atom is -0.465 e. The third-order valence-corrected chi connectivity index (χ3v) is 2.74. The molecule has 2 rings (SSSR count). The van der Waals surface area contributed by atoms with Gasteiger partial charge in [-0.1, -0.05) is 6.07 Å². The highest BCUT2D eigenvalue weighted by Crippen LogP contribution is 2.23. The molecule has 0 amide bonds. The number of aromatic nitrogens is 2. The molecule has 1 aromatic carbocycles. The van der Waals surface area contributed by atoms with Crippen LogP contribution in [0.2, 0.25) is 0 Å². The summed E-state index contributed by atoms with van der Waals surface area (Å²) in [5.74, 6) is -0.445. The van der Waals surface area contributed by atoms with E-state index in [2.05, 4.69) is 15.2 Å². The van der Waals surface area contributed by atoms with E-state index in [9.17, 15) is 4.79 Å². The van der Waals surface area contributed by atoms with E-state index in [0.29, 0.717) is 23.5 Å². The fourth-order valence-electron chi connectivity index (χ4n) is 1.75. The van der Waals surface area contributed by atoms with E-state index >= 15 is 0 Å². The SMILES string of the molecule is COC(=O)c1cccc(NCc2ccn(C)n2)c1N. The first-order chi connectivity index (χ1) is 9.11. The summed E-state index contributed by atoms with van der Waals surface area (Å²) in [5.41, 5.74) is 8.26. The second-order valence-electron chi connectivity index (χ2n) is 4.09. The lowest BCUT2D eigenvalue weighted by Crippen LogP contribution is -2.09. The van der Waals surface area contributed by atoms with Crippen molar-refractivity contribution in [3.05, 3.63) is 41.7 Å². The van der Waals surface area contributed by atoms with Crippen LogP contribution >= 0.6 is 0 Å². The first-order valence-corrected chi connectivity index (χ1v) is 5.81. The van der Waals surface area contributed by atoms with Crippen molar-refractivity contribution in [1.29, 1.82) is 0 Å². The molecule has 0 aliphatic heterocycles. The number of esters is 1. The Bertz CT molecular complexity index is 592. The molecule has 0 aliphatic rings. The topological polar surface area (TPSA) is 82.2 Å². The molecule has 0 bridgehead atoms. The van der Waals surface area contributed by atoms with Crippen LogP contribution in [0.3, 0.4) is 0 Å². The van der Waals surface area contributed by atoms with Crippen molar-refractivity contribution in [1.82, 2.24) is 9.78 Å². The summed E-state index contributed by atoms with van der Waals surface area (Å²) in [5, 5.41) is 7.40. The lowest BCUT2D eigenvalue weighted by atomic mass is 10.1. The molecular weight excluding hydrogens is 244 g/mol. The minimum atomic E-state index is -0.445. The molecular formula is C13H16N4O2. The van der Waals surface area contributed by atoms with Gasteiger partial charge in [-0.15, -0.1) is 0 Å². The van der Waals surface area contributed by atoms with Gasteiger partial charge in [0.2, 0.25) is 0 Å². The number of nitrogens with two attached hydrogens (primary N) is 1. The molecule has 0 saturated carbocycles. The van der Waals surface area contributed by atoms with Crippen molar-refractivity contribution in [2.75, 3.05) is 18.2 Å². The predicted molar refractivity (Wildman–Crippen MR) is 72.7 cm³/mol.